The molecule has 2 aliphatic rings. The molecule has 0 aliphatic heterocycles. The number of aryl methyl sites for hydroxylation is 1. The molecule has 0 amide bonds. The van der Waals surface area contributed by atoms with Gasteiger partial charge in [-0.05, 0) is 87.1 Å². The Morgan fingerprint density at radius 3 is 2.16 bits per heavy atom. The van der Waals surface area contributed by atoms with E-state index in [9.17, 15) is 9.59 Å². The predicted octanol–water partition coefficient (Wildman–Crippen LogP) is 6.52. The first kappa shape index (κ1) is 22.6. The zero-order valence-corrected chi connectivity index (χ0v) is 18.8. The number of benzene rings is 2. The number of para-hydroxylation sites is 1. The van der Waals surface area contributed by atoms with Crippen LogP contribution in [-0.2, 0) is 16.0 Å². The molecular weight excluding hydrogens is 400 g/mol. The summed E-state index contributed by atoms with van der Waals surface area (Å²) in [4.78, 5) is 24.7. The molecule has 170 valence electrons. The Morgan fingerprint density at radius 1 is 0.781 bits per heavy atom. The molecule has 0 aromatic heterocycles. The summed E-state index contributed by atoms with van der Waals surface area (Å²) in [5.41, 5.74) is 1.81. The van der Waals surface area contributed by atoms with Crippen LogP contribution in [0.5, 0.6) is 5.75 Å². The van der Waals surface area contributed by atoms with Crippen molar-refractivity contribution in [2.24, 2.45) is 11.8 Å². The van der Waals surface area contributed by atoms with Crippen LogP contribution in [-0.4, -0.2) is 18.0 Å². The summed E-state index contributed by atoms with van der Waals surface area (Å²) in [6, 6.07) is 16.9. The van der Waals surface area contributed by atoms with Crippen molar-refractivity contribution in [1.29, 1.82) is 0 Å². The van der Waals surface area contributed by atoms with E-state index in [0.717, 1.165) is 51.4 Å². The minimum atomic E-state index is -0.330. The summed E-state index contributed by atoms with van der Waals surface area (Å²) < 4.78 is 11.2. The lowest BCUT2D eigenvalue weighted by Gasteiger charge is -2.30. The third-order valence-electron chi connectivity index (χ3n) is 7.00. The van der Waals surface area contributed by atoms with Crippen molar-refractivity contribution in [3.8, 4) is 5.75 Å². The summed E-state index contributed by atoms with van der Waals surface area (Å²) in [7, 11) is 0. The summed E-state index contributed by atoms with van der Waals surface area (Å²) in [5.74, 6) is 1.11. The predicted molar refractivity (Wildman–Crippen MR) is 125 cm³/mol. The highest BCUT2D eigenvalue weighted by Gasteiger charge is 2.28. The Kier molecular flexibility index (Phi) is 7.97. The third kappa shape index (κ3) is 6.44. The Bertz CT molecular complexity index is 860. The van der Waals surface area contributed by atoms with Crippen LogP contribution in [0.3, 0.4) is 0 Å². The Hall–Kier alpha value is -2.62. The fourth-order valence-corrected chi connectivity index (χ4v) is 4.97. The van der Waals surface area contributed by atoms with Crippen molar-refractivity contribution in [1.82, 2.24) is 0 Å². The van der Waals surface area contributed by atoms with Gasteiger partial charge in [-0.1, -0.05) is 49.6 Å². The van der Waals surface area contributed by atoms with E-state index in [2.05, 4.69) is 0 Å². The van der Waals surface area contributed by atoms with Crippen LogP contribution < -0.4 is 4.74 Å². The van der Waals surface area contributed by atoms with Gasteiger partial charge in [0.2, 0.25) is 0 Å². The van der Waals surface area contributed by atoms with Gasteiger partial charge in [0.15, 0.2) is 0 Å². The molecular formula is C28H34O4. The molecule has 4 heteroatoms. The summed E-state index contributed by atoms with van der Waals surface area (Å²) >= 11 is 0. The van der Waals surface area contributed by atoms with E-state index in [1.165, 1.54) is 24.8 Å². The van der Waals surface area contributed by atoms with Crippen LogP contribution in [0.2, 0.25) is 0 Å². The zero-order valence-electron chi connectivity index (χ0n) is 18.8. The van der Waals surface area contributed by atoms with E-state index >= 15 is 0 Å². The van der Waals surface area contributed by atoms with Crippen LogP contribution in [0.1, 0.15) is 80.1 Å². The first-order valence-corrected chi connectivity index (χ1v) is 12.2. The quantitative estimate of drug-likeness (QED) is 0.368. The van der Waals surface area contributed by atoms with Crippen molar-refractivity contribution in [2.75, 3.05) is 0 Å². The smallest absolute Gasteiger partial charge is 0.343 e. The number of rotatable bonds is 7. The number of hydrogen-bond donors (Lipinski definition) is 0. The maximum Gasteiger partial charge on any atom is 0.343 e. The van der Waals surface area contributed by atoms with Gasteiger partial charge in [0, 0.05) is 0 Å². The van der Waals surface area contributed by atoms with E-state index in [4.69, 9.17) is 9.47 Å². The highest BCUT2D eigenvalue weighted by molar-refractivity contribution is 5.91. The van der Waals surface area contributed by atoms with Crippen LogP contribution in [0.15, 0.2) is 54.6 Å². The second kappa shape index (κ2) is 11.3. The van der Waals surface area contributed by atoms with Gasteiger partial charge >= 0.3 is 11.9 Å². The zero-order chi connectivity index (χ0) is 22.2. The number of carbonyl (C=O) groups excluding carboxylic acids is 2. The van der Waals surface area contributed by atoms with Gasteiger partial charge in [0.1, 0.15) is 11.9 Å². The van der Waals surface area contributed by atoms with Gasteiger partial charge in [-0.25, -0.2) is 4.79 Å². The molecule has 0 bridgehead atoms. The molecule has 2 fully saturated rings. The molecule has 0 saturated heterocycles. The number of esters is 2. The van der Waals surface area contributed by atoms with Crippen LogP contribution >= 0.6 is 0 Å². The second-order valence-corrected chi connectivity index (χ2v) is 9.35. The lowest BCUT2D eigenvalue weighted by Crippen LogP contribution is -2.29. The maximum absolute atomic E-state index is 12.4. The molecule has 0 spiro atoms. The molecule has 2 saturated carbocycles. The Balaban J connectivity index is 1.17. The highest BCUT2D eigenvalue weighted by Crippen LogP contribution is 2.31. The molecule has 4 rings (SSSR count). The molecule has 2 aliphatic carbocycles. The van der Waals surface area contributed by atoms with Crippen molar-refractivity contribution in [3.05, 3.63) is 65.7 Å². The number of hydrogen-bond acceptors (Lipinski definition) is 4. The Morgan fingerprint density at radius 2 is 1.47 bits per heavy atom. The average Bonchev–Trinajstić information content (AvgIpc) is 2.85. The van der Waals surface area contributed by atoms with E-state index in [-0.39, 0.29) is 24.0 Å². The van der Waals surface area contributed by atoms with Crippen LogP contribution in [0.4, 0.5) is 0 Å². The van der Waals surface area contributed by atoms with E-state index in [0.29, 0.717) is 17.2 Å². The monoisotopic (exact) mass is 434 g/mol. The molecule has 0 unspecified atom stereocenters. The van der Waals surface area contributed by atoms with Gasteiger partial charge in [-0.3, -0.25) is 4.79 Å². The van der Waals surface area contributed by atoms with Gasteiger partial charge < -0.3 is 9.47 Å². The fourth-order valence-electron chi connectivity index (χ4n) is 4.97. The lowest BCUT2D eigenvalue weighted by molar-refractivity contribution is -0.157. The summed E-state index contributed by atoms with van der Waals surface area (Å²) in [6.45, 7) is 0. The molecule has 2 aromatic carbocycles. The van der Waals surface area contributed by atoms with Crippen molar-refractivity contribution in [2.45, 2.75) is 76.7 Å². The molecule has 0 atom stereocenters. The van der Waals surface area contributed by atoms with Crippen LogP contribution in [0, 0.1) is 11.8 Å². The van der Waals surface area contributed by atoms with Crippen molar-refractivity contribution >= 4 is 11.9 Å². The summed E-state index contributed by atoms with van der Waals surface area (Å²) in [5, 5.41) is 0. The number of carbonyl (C=O) groups is 2. The second-order valence-electron chi connectivity index (χ2n) is 9.35. The molecule has 0 heterocycles. The summed E-state index contributed by atoms with van der Waals surface area (Å²) in [6.07, 6.45) is 12.1. The highest BCUT2D eigenvalue weighted by atomic mass is 16.5. The maximum atomic E-state index is 12.4. The fraction of sp³-hybridized carbons (Fsp3) is 0.500. The van der Waals surface area contributed by atoms with Crippen LogP contribution in [0.25, 0.3) is 0 Å². The number of ether oxygens (including phenoxy) is 2. The average molecular weight is 435 g/mol. The Labute approximate surface area is 191 Å². The lowest BCUT2D eigenvalue weighted by atomic mass is 9.83. The molecule has 4 nitrogen and oxygen atoms in total. The van der Waals surface area contributed by atoms with E-state index in [1.54, 1.807) is 12.1 Å². The van der Waals surface area contributed by atoms with Crippen molar-refractivity contribution < 1.29 is 19.1 Å². The molecule has 2 aromatic rings. The standard InChI is InChI=1S/C28H34O4/c29-27(23-7-3-1-4-8-23)32-26-19-15-22(16-20-26)12-11-21-13-17-24(18-14-21)28(30)31-25-9-5-2-6-10-25/h2,5-6,9-10,13-14,17-18,22-23,26H,1,3-4,7-8,11-12,15-16,19-20H2. The molecule has 0 radical (unpaired) electrons. The van der Waals surface area contributed by atoms with Gasteiger partial charge in [0.05, 0.1) is 11.5 Å². The van der Waals surface area contributed by atoms with Gasteiger partial charge in [-0.2, -0.15) is 0 Å². The first-order chi connectivity index (χ1) is 15.7. The topological polar surface area (TPSA) is 52.6 Å². The van der Waals surface area contributed by atoms with Gasteiger partial charge in [-0.15, -0.1) is 0 Å². The normalized spacial score (nSPS) is 21.6. The van der Waals surface area contributed by atoms with E-state index < -0.39 is 0 Å². The largest absolute Gasteiger partial charge is 0.462 e. The molecule has 32 heavy (non-hydrogen) atoms. The third-order valence-corrected chi connectivity index (χ3v) is 7.00. The van der Waals surface area contributed by atoms with Gasteiger partial charge in [0.25, 0.3) is 0 Å². The first-order valence-electron chi connectivity index (χ1n) is 12.2. The minimum Gasteiger partial charge on any atom is -0.462 e. The SMILES string of the molecule is O=C(Oc1ccccc1)c1ccc(CCC2CCC(OC(=O)C3CCCCC3)CC2)cc1. The minimum absolute atomic E-state index is 0.0547. The van der Waals surface area contributed by atoms with E-state index in [1.807, 2.05) is 42.5 Å². The molecule has 0 N–H and O–H groups in total. The van der Waals surface area contributed by atoms with Crippen molar-refractivity contribution in [3.63, 3.8) is 0 Å².